The molecule has 0 fully saturated rings. The third kappa shape index (κ3) is 5.42. The van der Waals surface area contributed by atoms with E-state index in [9.17, 15) is 0 Å². The Labute approximate surface area is 122 Å². The molecule has 0 saturated carbocycles. The molecule has 3 heteroatoms. The molecule has 0 unspecified atom stereocenters. The molecule has 1 rings (SSSR count). The molecule has 2 nitrogen and oxygen atoms in total. The highest BCUT2D eigenvalue weighted by molar-refractivity contribution is 6.32. The van der Waals surface area contributed by atoms with Crippen LogP contribution in [0.1, 0.15) is 37.8 Å². The smallest absolute Gasteiger partial charge is 0.119 e. The Bertz CT molecular complexity index is 365. The quantitative estimate of drug-likeness (QED) is 0.725. The number of halogens is 1. The number of hydrogen-bond donors (Lipinski definition) is 1. The second-order valence-corrected chi connectivity index (χ2v) is 5.51. The van der Waals surface area contributed by atoms with Crippen LogP contribution in [0.15, 0.2) is 12.1 Å². The standard InChI is InChI=1S/C16H26ClNO/c1-5-18(6-2)9-7-8-10-19-15-11-13(3)16(17)14(4)12-15/h11-12H,5-10H2,1-4H3/p+1. The van der Waals surface area contributed by atoms with Crippen molar-refractivity contribution in [1.82, 2.24) is 0 Å². The van der Waals surface area contributed by atoms with Crippen LogP contribution >= 0.6 is 11.6 Å². The van der Waals surface area contributed by atoms with Crippen LogP contribution in [0.4, 0.5) is 0 Å². The molecule has 0 radical (unpaired) electrons. The number of quaternary nitrogens is 1. The van der Waals surface area contributed by atoms with Gasteiger partial charge in [0, 0.05) is 5.02 Å². The Morgan fingerprint density at radius 3 is 2.16 bits per heavy atom. The van der Waals surface area contributed by atoms with Crippen molar-refractivity contribution in [2.75, 3.05) is 26.2 Å². The maximum atomic E-state index is 6.14. The van der Waals surface area contributed by atoms with Gasteiger partial charge in [0.05, 0.1) is 26.2 Å². The summed E-state index contributed by atoms with van der Waals surface area (Å²) in [5.74, 6) is 0.939. The Hall–Kier alpha value is -0.730. The average Bonchev–Trinajstić information content (AvgIpc) is 2.40. The molecule has 1 N–H and O–H groups in total. The third-order valence-corrected chi connectivity index (χ3v) is 4.20. The Morgan fingerprint density at radius 1 is 1.05 bits per heavy atom. The first kappa shape index (κ1) is 16.3. The Morgan fingerprint density at radius 2 is 1.63 bits per heavy atom. The summed E-state index contributed by atoms with van der Waals surface area (Å²) in [6, 6.07) is 4.04. The highest BCUT2D eigenvalue weighted by atomic mass is 35.5. The van der Waals surface area contributed by atoms with Gasteiger partial charge in [0.15, 0.2) is 0 Å². The first-order valence-electron chi connectivity index (χ1n) is 7.31. The van der Waals surface area contributed by atoms with Crippen molar-refractivity contribution in [3.05, 3.63) is 28.3 Å². The van der Waals surface area contributed by atoms with Crippen molar-refractivity contribution in [2.24, 2.45) is 0 Å². The molecular weight excluding hydrogens is 258 g/mol. The number of unbranched alkanes of at least 4 members (excludes halogenated alkanes) is 1. The van der Waals surface area contributed by atoms with Gasteiger partial charge in [0.1, 0.15) is 5.75 Å². The van der Waals surface area contributed by atoms with Crippen molar-refractivity contribution in [3.63, 3.8) is 0 Å². The fraction of sp³-hybridized carbons (Fsp3) is 0.625. The lowest BCUT2D eigenvalue weighted by molar-refractivity contribution is -0.896. The average molecular weight is 285 g/mol. The summed E-state index contributed by atoms with van der Waals surface area (Å²) in [5.41, 5.74) is 2.17. The number of nitrogens with one attached hydrogen (secondary N) is 1. The Kier molecular flexibility index (Phi) is 7.25. The van der Waals surface area contributed by atoms with Crippen LogP contribution in [0, 0.1) is 13.8 Å². The zero-order chi connectivity index (χ0) is 14.3. The van der Waals surface area contributed by atoms with Gasteiger partial charge in [0.2, 0.25) is 0 Å². The molecule has 19 heavy (non-hydrogen) atoms. The normalized spacial score (nSPS) is 11.1. The minimum absolute atomic E-state index is 0.793. The second kappa shape index (κ2) is 8.44. The topological polar surface area (TPSA) is 13.7 Å². The van der Waals surface area contributed by atoms with Gasteiger partial charge in [-0.15, -0.1) is 0 Å². The predicted molar refractivity (Wildman–Crippen MR) is 82.6 cm³/mol. The minimum Gasteiger partial charge on any atom is -0.494 e. The summed E-state index contributed by atoms with van der Waals surface area (Å²) < 4.78 is 5.80. The van der Waals surface area contributed by atoms with Gasteiger partial charge in [-0.3, -0.25) is 0 Å². The lowest BCUT2D eigenvalue weighted by atomic mass is 10.1. The van der Waals surface area contributed by atoms with E-state index in [1.807, 2.05) is 26.0 Å². The summed E-state index contributed by atoms with van der Waals surface area (Å²) in [5, 5.41) is 0.845. The first-order chi connectivity index (χ1) is 9.08. The lowest BCUT2D eigenvalue weighted by Crippen LogP contribution is -3.11. The van der Waals surface area contributed by atoms with Gasteiger partial charge in [-0.25, -0.2) is 0 Å². The highest BCUT2D eigenvalue weighted by Gasteiger charge is 2.04. The monoisotopic (exact) mass is 284 g/mol. The summed E-state index contributed by atoms with van der Waals surface area (Å²) in [6.45, 7) is 13.0. The molecule has 0 aliphatic heterocycles. The van der Waals surface area contributed by atoms with E-state index < -0.39 is 0 Å². The van der Waals surface area contributed by atoms with Crippen LogP contribution in [0.2, 0.25) is 5.02 Å². The Balaban J connectivity index is 2.30. The van der Waals surface area contributed by atoms with E-state index >= 15 is 0 Å². The SMILES string of the molecule is CC[NH+](CC)CCCCOc1cc(C)c(Cl)c(C)c1. The molecule has 1 aromatic carbocycles. The molecule has 0 amide bonds. The number of benzene rings is 1. The van der Waals surface area contributed by atoms with E-state index in [-0.39, 0.29) is 0 Å². The maximum Gasteiger partial charge on any atom is 0.119 e. The van der Waals surface area contributed by atoms with E-state index in [0.29, 0.717) is 0 Å². The molecule has 0 spiro atoms. The van der Waals surface area contributed by atoms with E-state index in [4.69, 9.17) is 16.3 Å². The molecule has 0 saturated heterocycles. The third-order valence-electron chi connectivity index (χ3n) is 3.60. The van der Waals surface area contributed by atoms with Gasteiger partial charge in [0.25, 0.3) is 0 Å². The highest BCUT2D eigenvalue weighted by Crippen LogP contribution is 2.25. The number of hydrogen-bond acceptors (Lipinski definition) is 1. The molecule has 0 heterocycles. The summed E-state index contributed by atoms with van der Waals surface area (Å²) >= 11 is 6.14. The van der Waals surface area contributed by atoms with E-state index in [1.165, 1.54) is 26.1 Å². The predicted octanol–water partition coefficient (Wildman–Crippen LogP) is 3.04. The van der Waals surface area contributed by atoms with E-state index in [2.05, 4.69) is 13.8 Å². The zero-order valence-electron chi connectivity index (χ0n) is 12.7. The fourth-order valence-corrected chi connectivity index (χ4v) is 2.37. The van der Waals surface area contributed by atoms with Gasteiger partial charge >= 0.3 is 0 Å². The van der Waals surface area contributed by atoms with Gasteiger partial charge in [-0.2, -0.15) is 0 Å². The van der Waals surface area contributed by atoms with Gasteiger partial charge < -0.3 is 9.64 Å². The molecular formula is C16H27ClNO+. The molecule has 0 aliphatic carbocycles. The van der Waals surface area contributed by atoms with Crippen molar-refractivity contribution >= 4 is 11.6 Å². The summed E-state index contributed by atoms with van der Waals surface area (Å²) in [7, 11) is 0. The minimum atomic E-state index is 0.793. The number of rotatable bonds is 8. The largest absolute Gasteiger partial charge is 0.494 e. The van der Waals surface area contributed by atoms with Crippen molar-refractivity contribution in [3.8, 4) is 5.75 Å². The van der Waals surface area contributed by atoms with Crippen molar-refractivity contribution < 1.29 is 9.64 Å². The van der Waals surface area contributed by atoms with Crippen LogP contribution in [0.25, 0.3) is 0 Å². The summed E-state index contributed by atoms with van der Waals surface area (Å²) in [4.78, 5) is 1.66. The van der Waals surface area contributed by atoms with Crippen LogP contribution in [0.3, 0.4) is 0 Å². The number of ether oxygens (including phenoxy) is 1. The second-order valence-electron chi connectivity index (χ2n) is 5.13. The first-order valence-corrected chi connectivity index (χ1v) is 7.69. The molecule has 0 bridgehead atoms. The molecule has 108 valence electrons. The number of aryl methyl sites for hydroxylation is 2. The maximum absolute atomic E-state index is 6.14. The van der Waals surface area contributed by atoms with Crippen LogP contribution in [0.5, 0.6) is 5.75 Å². The van der Waals surface area contributed by atoms with Crippen molar-refractivity contribution in [2.45, 2.75) is 40.5 Å². The summed E-state index contributed by atoms with van der Waals surface area (Å²) in [6.07, 6.45) is 2.34. The molecule has 0 aromatic heterocycles. The molecule has 1 aromatic rings. The zero-order valence-corrected chi connectivity index (χ0v) is 13.4. The van der Waals surface area contributed by atoms with Crippen LogP contribution in [-0.2, 0) is 0 Å². The molecule has 0 atom stereocenters. The van der Waals surface area contributed by atoms with Crippen LogP contribution < -0.4 is 9.64 Å². The fourth-order valence-electron chi connectivity index (χ4n) is 2.26. The molecule has 0 aliphatic rings. The van der Waals surface area contributed by atoms with E-state index in [1.54, 1.807) is 4.90 Å². The van der Waals surface area contributed by atoms with E-state index in [0.717, 1.165) is 34.9 Å². The van der Waals surface area contributed by atoms with Gasteiger partial charge in [-0.1, -0.05) is 11.6 Å². The van der Waals surface area contributed by atoms with Gasteiger partial charge in [-0.05, 0) is 63.8 Å². The van der Waals surface area contributed by atoms with Crippen LogP contribution in [-0.4, -0.2) is 26.2 Å². The van der Waals surface area contributed by atoms with Crippen molar-refractivity contribution in [1.29, 1.82) is 0 Å². The lowest BCUT2D eigenvalue weighted by Gasteiger charge is -2.15.